The first-order valence-electron chi connectivity index (χ1n) is 4.41. The molecule has 0 aromatic rings. The first kappa shape index (κ1) is 13.5. The molecular weight excluding hydrogens is 138 g/mol. The van der Waals surface area contributed by atoms with Gasteiger partial charge in [-0.1, -0.05) is 20.8 Å². The summed E-state index contributed by atoms with van der Waals surface area (Å²) in [6.45, 7) is 10.2. The third-order valence-corrected chi connectivity index (χ3v) is 1.66. The van der Waals surface area contributed by atoms with Crippen LogP contribution in [0.25, 0.3) is 0 Å². The minimum Gasteiger partial charge on any atom is -0.383 e. The van der Waals surface area contributed by atoms with E-state index in [0.717, 1.165) is 13.2 Å². The summed E-state index contributed by atoms with van der Waals surface area (Å²) in [4.78, 5) is 2.25. The van der Waals surface area contributed by atoms with Crippen molar-refractivity contribution in [1.29, 1.82) is 0 Å². The Hall–Kier alpha value is -0.0800. The first-order valence-corrected chi connectivity index (χ1v) is 4.41. The summed E-state index contributed by atoms with van der Waals surface area (Å²) < 4.78 is 4.98. The lowest BCUT2D eigenvalue weighted by Gasteiger charge is -2.21. The van der Waals surface area contributed by atoms with Crippen molar-refractivity contribution in [3.8, 4) is 0 Å². The van der Waals surface area contributed by atoms with Crippen LogP contribution in [-0.2, 0) is 4.74 Å². The van der Waals surface area contributed by atoms with Gasteiger partial charge in [-0.25, -0.2) is 0 Å². The maximum atomic E-state index is 4.98. The standard InChI is InChI=1S/C7H17NO.C2H6/c1-5-8(3)7(2)6-9-4;1-2/h7H,5-6H2,1-4H3;1-2H3. The molecule has 0 aromatic heterocycles. The topological polar surface area (TPSA) is 12.5 Å². The normalized spacial score (nSPS) is 12.3. The van der Waals surface area contributed by atoms with E-state index >= 15 is 0 Å². The minimum absolute atomic E-state index is 0.542. The predicted octanol–water partition coefficient (Wildman–Crippen LogP) is 2.00. The molecule has 0 radical (unpaired) electrons. The van der Waals surface area contributed by atoms with Crippen LogP contribution < -0.4 is 0 Å². The fourth-order valence-corrected chi connectivity index (χ4v) is 0.680. The smallest absolute Gasteiger partial charge is 0.0615 e. The minimum atomic E-state index is 0.542. The van der Waals surface area contributed by atoms with Crippen LogP contribution in [0.4, 0.5) is 0 Å². The molecule has 0 N–H and O–H groups in total. The van der Waals surface area contributed by atoms with Gasteiger partial charge in [0.05, 0.1) is 6.61 Å². The van der Waals surface area contributed by atoms with Crippen LogP contribution in [0.1, 0.15) is 27.7 Å². The molecule has 0 bridgehead atoms. The van der Waals surface area contributed by atoms with Crippen molar-refractivity contribution < 1.29 is 4.74 Å². The molecule has 0 aromatic carbocycles. The molecule has 0 amide bonds. The summed E-state index contributed by atoms with van der Waals surface area (Å²) >= 11 is 0. The van der Waals surface area contributed by atoms with Gasteiger partial charge in [0, 0.05) is 13.2 Å². The van der Waals surface area contributed by atoms with E-state index in [-0.39, 0.29) is 0 Å². The molecule has 11 heavy (non-hydrogen) atoms. The number of methoxy groups -OCH3 is 1. The van der Waals surface area contributed by atoms with Crippen molar-refractivity contribution in [3.05, 3.63) is 0 Å². The van der Waals surface area contributed by atoms with Gasteiger partial charge in [-0.15, -0.1) is 0 Å². The first-order chi connectivity index (χ1) is 5.22. The Morgan fingerprint density at radius 3 is 2.09 bits per heavy atom. The summed E-state index contributed by atoms with van der Waals surface area (Å²) in [7, 11) is 3.84. The second-order valence-electron chi connectivity index (χ2n) is 2.38. The van der Waals surface area contributed by atoms with E-state index in [4.69, 9.17) is 4.74 Å². The lowest BCUT2D eigenvalue weighted by Crippen LogP contribution is -2.32. The van der Waals surface area contributed by atoms with Crippen LogP contribution in [-0.4, -0.2) is 38.3 Å². The molecule has 0 saturated heterocycles. The van der Waals surface area contributed by atoms with E-state index in [1.807, 2.05) is 13.8 Å². The highest BCUT2D eigenvalue weighted by Crippen LogP contribution is 1.93. The van der Waals surface area contributed by atoms with Crippen molar-refractivity contribution in [2.24, 2.45) is 0 Å². The average Bonchev–Trinajstić information content (AvgIpc) is 2.07. The molecule has 0 aliphatic heterocycles. The Bertz CT molecular complexity index is 66.6. The molecule has 0 fully saturated rings. The fourth-order valence-electron chi connectivity index (χ4n) is 0.680. The van der Waals surface area contributed by atoms with Crippen LogP contribution in [0.15, 0.2) is 0 Å². The van der Waals surface area contributed by atoms with Gasteiger partial charge >= 0.3 is 0 Å². The van der Waals surface area contributed by atoms with Crippen LogP contribution in [0, 0.1) is 0 Å². The highest BCUT2D eigenvalue weighted by molar-refractivity contribution is 4.58. The maximum Gasteiger partial charge on any atom is 0.0615 e. The third-order valence-electron chi connectivity index (χ3n) is 1.66. The molecule has 1 unspecified atom stereocenters. The fraction of sp³-hybridized carbons (Fsp3) is 1.00. The molecule has 70 valence electrons. The van der Waals surface area contributed by atoms with Gasteiger partial charge in [0.15, 0.2) is 0 Å². The van der Waals surface area contributed by atoms with Gasteiger partial charge in [0.1, 0.15) is 0 Å². The van der Waals surface area contributed by atoms with Crippen LogP contribution in [0.5, 0.6) is 0 Å². The quantitative estimate of drug-likeness (QED) is 0.625. The van der Waals surface area contributed by atoms with E-state index in [2.05, 4.69) is 25.8 Å². The van der Waals surface area contributed by atoms with Gasteiger partial charge in [-0.2, -0.15) is 0 Å². The Labute approximate surface area is 71.5 Å². The predicted molar refractivity (Wildman–Crippen MR) is 51.0 cm³/mol. The molecule has 0 heterocycles. The maximum absolute atomic E-state index is 4.98. The summed E-state index contributed by atoms with van der Waals surface area (Å²) in [5.74, 6) is 0. The molecule has 2 nitrogen and oxygen atoms in total. The number of hydrogen-bond donors (Lipinski definition) is 0. The second-order valence-corrected chi connectivity index (χ2v) is 2.38. The van der Waals surface area contributed by atoms with Gasteiger partial charge in [0.25, 0.3) is 0 Å². The summed E-state index contributed by atoms with van der Waals surface area (Å²) in [5.41, 5.74) is 0. The Kier molecular flexibility index (Phi) is 12.2. The Morgan fingerprint density at radius 2 is 1.82 bits per heavy atom. The second kappa shape index (κ2) is 9.92. The number of hydrogen-bond acceptors (Lipinski definition) is 2. The van der Waals surface area contributed by atoms with Crippen molar-refractivity contribution in [2.75, 3.05) is 27.3 Å². The van der Waals surface area contributed by atoms with Crippen molar-refractivity contribution in [1.82, 2.24) is 4.90 Å². The lowest BCUT2D eigenvalue weighted by molar-refractivity contribution is 0.119. The van der Waals surface area contributed by atoms with Crippen molar-refractivity contribution in [2.45, 2.75) is 33.7 Å². The molecule has 1 atom stereocenters. The highest BCUT2D eigenvalue weighted by Gasteiger charge is 2.04. The van der Waals surface area contributed by atoms with Crippen molar-refractivity contribution >= 4 is 0 Å². The van der Waals surface area contributed by atoms with Crippen LogP contribution >= 0.6 is 0 Å². The Morgan fingerprint density at radius 1 is 1.36 bits per heavy atom. The number of nitrogens with zero attached hydrogens (tertiary/aromatic N) is 1. The zero-order chi connectivity index (χ0) is 9.28. The lowest BCUT2D eigenvalue weighted by atomic mass is 10.3. The van der Waals surface area contributed by atoms with Crippen LogP contribution in [0.3, 0.4) is 0 Å². The number of likely N-dealkylation sites (N-methyl/N-ethyl adjacent to an activating group) is 1. The van der Waals surface area contributed by atoms with E-state index in [1.54, 1.807) is 7.11 Å². The number of rotatable bonds is 4. The molecule has 2 heteroatoms. The van der Waals surface area contributed by atoms with Gasteiger partial charge < -0.3 is 9.64 Å². The van der Waals surface area contributed by atoms with E-state index in [0.29, 0.717) is 6.04 Å². The molecule has 0 rings (SSSR count). The molecule has 0 aliphatic rings. The summed E-state index contributed by atoms with van der Waals surface area (Å²) in [6, 6.07) is 0.542. The third kappa shape index (κ3) is 7.82. The van der Waals surface area contributed by atoms with E-state index < -0.39 is 0 Å². The van der Waals surface area contributed by atoms with Gasteiger partial charge in [0.2, 0.25) is 0 Å². The van der Waals surface area contributed by atoms with Crippen LogP contribution in [0.2, 0.25) is 0 Å². The monoisotopic (exact) mass is 161 g/mol. The summed E-state index contributed by atoms with van der Waals surface area (Å²) in [5, 5.41) is 0. The van der Waals surface area contributed by atoms with Gasteiger partial charge in [-0.3, -0.25) is 0 Å². The van der Waals surface area contributed by atoms with Crippen molar-refractivity contribution in [3.63, 3.8) is 0 Å². The van der Waals surface area contributed by atoms with E-state index in [1.165, 1.54) is 0 Å². The average molecular weight is 161 g/mol. The number of ether oxygens (including phenoxy) is 1. The molecule has 0 saturated carbocycles. The molecule has 0 aliphatic carbocycles. The molecule has 0 spiro atoms. The van der Waals surface area contributed by atoms with E-state index in [9.17, 15) is 0 Å². The highest BCUT2D eigenvalue weighted by atomic mass is 16.5. The SMILES string of the molecule is CC.CCN(C)C(C)COC. The zero-order valence-electron chi connectivity index (χ0n) is 8.85. The van der Waals surface area contributed by atoms with Gasteiger partial charge in [-0.05, 0) is 20.5 Å². The molecular formula is C9H23NO. The summed E-state index contributed by atoms with van der Waals surface area (Å²) in [6.07, 6.45) is 0. The Balaban J connectivity index is 0. The zero-order valence-corrected chi connectivity index (χ0v) is 8.85. The largest absolute Gasteiger partial charge is 0.383 e.